The Bertz CT molecular complexity index is 547. The van der Waals surface area contributed by atoms with Gasteiger partial charge in [0.2, 0.25) is 5.91 Å². The van der Waals surface area contributed by atoms with Gasteiger partial charge in [-0.2, -0.15) is 0 Å². The molecule has 128 valence electrons. The number of ether oxygens (including phenoxy) is 2. The van der Waals surface area contributed by atoms with E-state index in [0.717, 1.165) is 49.4 Å². The fourth-order valence-corrected chi connectivity index (χ4v) is 3.32. The monoisotopic (exact) mass is 340 g/mol. The Morgan fingerprint density at radius 3 is 2.78 bits per heavy atom. The predicted octanol–water partition coefficient (Wildman–Crippen LogP) is 1.88. The molecule has 3 rings (SSSR count). The standard InChI is InChI=1S/C17H24N2O3.ClH/c1-19(14-5-7-18-8-6-14)17(20)13-9-12-10-15(21-2)3-4-16(12)22-11-13;/h3-4,10,13-14,18H,5-9,11H2,1-2H3;1H. The summed E-state index contributed by atoms with van der Waals surface area (Å²) in [6.07, 6.45) is 2.78. The van der Waals surface area contributed by atoms with Crippen LogP contribution in [0.2, 0.25) is 0 Å². The summed E-state index contributed by atoms with van der Waals surface area (Å²) in [6, 6.07) is 6.13. The molecule has 23 heavy (non-hydrogen) atoms. The lowest BCUT2D eigenvalue weighted by atomic mass is 9.94. The summed E-state index contributed by atoms with van der Waals surface area (Å²) in [6.45, 7) is 2.44. The fourth-order valence-electron chi connectivity index (χ4n) is 3.32. The van der Waals surface area contributed by atoms with E-state index in [4.69, 9.17) is 9.47 Å². The maximum Gasteiger partial charge on any atom is 0.229 e. The normalized spacial score (nSPS) is 20.7. The van der Waals surface area contributed by atoms with Gasteiger partial charge in [0.05, 0.1) is 13.0 Å². The molecule has 1 N–H and O–H groups in total. The Balaban J connectivity index is 0.00000192. The maximum absolute atomic E-state index is 12.8. The molecule has 1 aromatic rings. The lowest BCUT2D eigenvalue weighted by Gasteiger charge is -2.35. The topological polar surface area (TPSA) is 50.8 Å². The maximum atomic E-state index is 12.8. The molecular formula is C17H25ClN2O3. The number of fused-ring (bicyclic) bond motifs is 1. The van der Waals surface area contributed by atoms with Crippen LogP contribution in [-0.2, 0) is 11.2 Å². The molecule has 0 bridgehead atoms. The van der Waals surface area contributed by atoms with Crippen molar-refractivity contribution in [3.8, 4) is 11.5 Å². The Morgan fingerprint density at radius 2 is 2.09 bits per heavy atom. The molecular weight excluding hydrogens is 316 g/mol. The van der Waals surface area contributed by atoms with Gasteiger partial charge in [-0.3, -0.25) is 4.79 Å². The minimum atomic E-state index is -0.0977. The zero-order valence-corrected chi connectivity index (χ0v) is 14.5. The molecule has 0 aromatic heterocycles. The lowest BCUT2D eigenvalue weighted by molar-refractivity contribution is -0.138. The van der Waals surface area contributed by atoms with E-state index in [2.05, 4.69) is 5.32 Å². The van der Waals surface area contributed by atoms with E-state index in [1.54, 1.807) is 7.11 Å². The van der Waals surface area contributed by atoms with Crippen LogP contribution in [0.5, 0.6) is 11.5 Å². The van der Waals surface area contributed by atoms with E-state index in [9.17, 15) is 4.79 Å². The van der Waals surface area contributed by atoms with Crippen LogP contribution >= 0.6 is 12.4 Å². The van der Waals surface area contributed by atoms with Crippen LogP contribution < -0.4 is 14.8 Å². The number of halogens is 1. The Morgan fingerprint density at radius 1 is 1.35 bits per heavy atom. The van der Waals surface area contributed by atoms with Crippen molar-refractivity contribution < 1.29 is 14.3 Å². The number of methoxy groups -OCH3 is 1. The van der Waals surface area contributed by atoms with Crippen LogP contribution in [0.4, 0.5) is 0 Å². The van der Waals surface area contributed by atoms with Crippen molar-refractivity contribution in [3.63, 3.8) is 0 Å². The highest BCUT2D eigenvalue weighted by molar-refractivity contribution is 5.85. The number of carbonyl (C=O) groups excluding carboxylic acids is 1. The number of nitrogens with one attached hydrogen (secondary N) is 1. The zero-order valence-electron chi connectivity index (χ0n) is 13.7. The number of hydrogen-bond acceptors (Lipinski definition) is 4. The van der Waals surface area contributed by atoms with Gasteiger partial charge < -0.3 is 19.7 Å². The third-order valence-electron chi connectivity index (χ3n) is 4.73. The lowest BCUT2D eigenvalue weighted by Crippen LogP contribution is -2.47. The molecule has 2 aliphatic rings. The van der Waals surface area contributed by atoms with Crippen LogP contribution in [0.3, 0.4) is 0 Å². The molecule has 1 atom stereocenters. The van der Waals surface area contributed by atoms with E-state index in [0.29, 0.717) is 12.6 Å². The molecule has 2 heterocycles. The van der Waals surface area contributed by atoms with Gasteiger partial charge in [0.1, 0.15) is 18.1 Å². The molecule has 1 aromatic carbocycles. The summed E-state index contributed by atoms with van der Waals surface area (Å²) in [7, 11) is 3.58. The molecule has 0 radical (unpaired) electrons. The van der Waals surface area contributed by atoms with Crippen LogP contribution in [0.1, 0.15) is 18.4 Å². The molecule has 0 spiro atoms. The number of piperidine rings is 1. The smallest absolute Gasteiger partial charge is 0.229 e. The van der Waals surface area contributed by atoms with Crippen molar-refractivity contribution in [2.24, 2.45) is 5.92 Å². The molecule has 6 heteroatoms. The zero-order chi connectivity index (χ0) is 15.5. The Labute approximate surface area is 143 Å². The van der Waals surface area contributed by atoms with Crippen molar-refractivity contribution in [1.82, 2.24) is 10.2 Å². The van der Waals surface area contributed by atoms with E-state index in [1.807, 2.05) is 30.1 Å². The summed E-state index contributed by atoms with van der Waals surface area (Å²) in [5.41, 5.74) is 1.06. The fraction of sp³-hybridized carbons (Fsp3) is 0.588. The van der Waals surface area contributed by atoms with Gasteiger partial charge in [0.25, 0.3) is 0 Å². The summed E-state index contributed by atoms with van der Waals surface area (Å²) in [5, 5.41) is 3.34. The molecule has 1 saturated heterocycles. The van der Waals surface area contributed by atoms with Gasteiger partial charge in [-0.15, -0.1) is 12.4 Å². The number of benzene rings is 1. The summed E-state index contributed by atoms with van der Waals surface area (Å²) in [4.78, 5) is 14.7. The molecule has 1 unspecified atom stereocenters. The average Bonchev–Trinajstić information content (AvgIpc) is 2.60. The van der Waals surface area contributed by atoms with Crippen molar-refractivity contribution in [2.45, 2.75) is 25.3 Å². The van der Waals surface area contributed by atoms with Crippen LogP contribution in [0.15, 0.2) is 18.2 Å². The Kier molecular flexibility index (Phi) is 6.13. The molecule has 0 saturated carbocycles. The highest BCUT2D eigenvalue weighted by Crippen LogP contribution is 2.31. The summed E-state index contributed by atoms with van der Waals surface area (Å²) >= 11 is 0. The first kappa shape index (κ1) is 17.9. The number of carbonyl (C=O) groups is 1. The third-order valence-corrected chi connectivity index (χ3v) is 4.73. The first-order valence-corrected chi connectivity index (χ1v) is 7.96. The van der Waals surface area contributed by atoms with Crippen LogP contribution in [0.25, 0.3) is 0 Å². The minimum Gasteiger partial charge on any atom is -0.497 e. The van der Waals surface area contributed by atoms with E-state index in [-0.39, 0.29) is 24.2 Å². The van der Waals surface area contributed by atoms with Crippen LogP contribution in [0, 0.1) is 5.92 Å². The average molecular weight is 341 g/mol. The SMILES string of the molecule is COc1ccc2c(c1)CC(C(=O)N(C)C1CCNCC1)CO2.Cl. The molecule has 1 amide bonds. The second-order valence-electron chi connectivity index (χ2n) is 6.12. The van der Waals surface area contributed by atoms with Gasteiger partial charge in [-0.1, -0.05) is 0 Å². The van der Waals surface area contributed by atoms with Crippen molar-refractivity contribution in [1.29, 1.82) is 0 Å². The third kappa shape index (κ3) is 3.90. The first-order chi connectivity index (χ1) is 10.7. The highest BCUT2D eigenvalue weighted by atomic mass is 35.5. The van der Waals surface area contributed by atoms with Crippen molar-refractivity contribution in [2.75, 3.05) is 33.9 Å². The van der Waals surface area contributed by atoms with Gasteiger partial charge in [0, 0.05) is 13.1 Å². The highest BCUT2D eigenvalue weighted by Gasteiger charge is 2.31. The molecule has 5 nitrogen and oxygen atoms in total. The molecule has 2 aliphatic heterocycles. The number of amides is 1. The van der Waals surface area contributed by atoms with E-state index >= 15 is 0 Å². The number of nitrogens with zero attached hydrogens (tertiary/aromatic N) is 1. The first-order valence-electron chi connectivity index (χ1n) is 7.96. The molecule has 1 fully saturated rings. The van der Waals surface area contributed by atoms with Gasteiger partial charge in [0.15, 0.2) is 0 Å². The summed E-state index contributed by atoms with van der Waals surface area (Å²) in [5.74, 6) is 1.77. The molecule has 0 aliphatic carbocycles. The second kappa shape index (κ2) is 7.88. The largest absolute Gasteiger partial charge is 0.497 e. The summed E-state index contributed by atoms with van der Waals surface area (Å²) < 4.78 is 11.0. The van der Waals surface area contributed by atoms with Crippen molar-refractivity contribution in [3.05, 3.63) is 23.8 Å². The number of hydrogen-bond donors (Lipinski definition) is 1. The minimum absolute atomic E-state index is 0. The van der Waals surface area contributed by atoms with Gasteiger partial charge in [-0.05, 0) is 56.1 Å². The van der Waals surface area contributed by atoms with Crippen molar-refractivity contribution >= 4 is 18.3 Å². The predicted molar refractivity (Wildman–Crippen MR) is 91.6 cm³/mol. The van der Waals surface area contributed by atoms with E-state index in [1.165, 1.54) is 0 Å². The number of rotatable bonds is 3. The van der Waals surface area contributed by atoms with Gasteiger partial charge >= 0.3 is 0 Å². The quantitative estimate of drug-likeness (QED) is 0.912. The second-order valence-corrected chi connectivity index (χ2v) is 6.12. The van der Waals surface area contributed by atoms with Crippen LogP contribution in [-0.4, -0.2) is 50.7 Å². The Hall–Kier alpha value is -1.46. The van der Waals surface area contributed by atoms with E-state index < -0.39 is 0 Å². The van der Waals surface area contributed by atoms with Gasteiger partial charge in [-0.25, -0.2) is 0 Å².